The van der Waals surface area contributed by atoms with Gasteiger partial charge in [0.05, 0.1) is 0 Å². The molecule has 0 fully saturated rings. The quantitative estimate of drug-likeness (QED) is 0.503. The highest BCUT2D eigenvalue weighted by molar-refractivity contribution is 8.02. The molecule has 1 aromatic heterocycles. The van der Waals surface area contributed by atoms with Crippen LogP contribution in [0, 0.1) is 6.92 Å². The summed E-state index contributed by atoms with van der Waals surface area (Å²) in [5.41, 5.74) is 4.82. The molecule has 0 radical (unpaired) electrons. The van der Waals surface area contributed by atoms with Crippen molar-refractivity contribution in [1.29, 1.82) is 0 Å². The maximum absolute atomic E-state index is 4.26. The van der Waals surface area contributed by atoms with Gasteiger partial charge in [0.2, 0.25) is 0 Å². The highest BCUT2D eigenvalue weighted by Gasteiger charge is 2.05. The van der Waals surface area contributed by atoms with Crippen LogP contribution >= 0.6 is 11.8 Å². The maximum atomic E-state index is 4.26. The number of rotatable bonds is 4. The molecule has 22 heavy (non-hydrogen) atoms. The number of aryl methyl sites for hydroxylation is 1. The van der Waals surface area contributed by atoms with Gasteiger partial charge in [-0.25, -0.2) is 9.97 Å². The van der Waals surface area contributed by atoms with Gasteiger partial charge in [-0.2, -0.15) is 0 Å². The summed E-state index contributed by atoms with van der Waals surface area (Å²) < 4.78 is 0. The highest BCUT2D eigenvalue weighted by atomic mass is 32.2. The van der Waals surface area contributed by atoms with Gasteiger partial charge >= 0.3 is 0 Å². The smallest absolute Gasteiger partial charge is 0.191 e. The molecular formula is C19H16N2S. The summed E-state index contributed by atoms with van der Waals surface area (Å²) in [6.07, 6.45) is 3.52. The second-order valence-electron chi connectivity index (χ2n) is 4.91. The van der Waals surface area contributed by atoms with Gasteiger partial charge in [0.1, 0.15) is 0 Å². The Balaban J connectivity index is 1.98. The maximum Gasteiger partial charge on any atom is 0.191 e. The second kappa shape index (κ2) is 7.05. The monoisotopic (exact) mass is 304 g/mol. The summed E-state index contributed by atoms with van der Waals surface area (Å²) in [6.45, 7) is 2.10. The summed E-state index contributed by atoms with van der Waals surface area (Å²) in [6, 6.07) is 20.8. The molecule has 2 nitrogen and oxygen atoms in total. The molecule has 0 aliphatic heterocycles. The topological polar surface area (TPSA) is 25.8 Å². The number of nitrogens with zero attached hydrogens (tertiary/aromatic N) is 2. The third-order valence-corrected chi connectivity index (χ3v) is 4.05. The van der Waals surface area contributed by atoms with Crippen LogP contribution < -0.4 is 0 Å². The predicted molar refractivity (Wildman–Crippen MR) is 92.6 cm³/mol. The Bertz CT molecular complexity index is 750. The molecule has 0 atom stereocenters. The summed E-state index contributed by atoms with van der Waals surface area (Å²) in [4.78, 5) is 8.52. The fourth-order valence-electron chi connectivity index (χ4n) is 2.11. The number of benzene rings is 2. The van der Waals surface area contributed by atoms with Crippen LogP contribution in [-0.4, -0.2) is 9.97 Å². The molecule has 3 heteroatoms. The third kappa shape index (κ3) is 3.62. The Hall–Kier alpha value is -2.39. The average molecular weight is 304 g/mol. The van der Waals surface area contributed by atoms with Gasteiger partial charge in [0.25, 0.3) is 0 Å². The zero-order valence-corrected chi connectivity index (χ0v) is 13.1. The van der Waals surface area contributed by atoms with E-state index < -0.39 is 0 Å². The first kappa shape index (κ1) is 14.5. The van der Waals surface area contributed by atoms with E-state index in [0.29, 0.717) is 0 Å². The van der Waals surface area contributed by atoms with Crippen molar-refractivity contribution in [2.24, 2.45) is 0 Å². The zero-order valence-electron chi connectivity index (χ0n) is 12.3. The molecule has 108 valence electrons. The van der Waals surface area contributed by atoms with E-state index in [0.717, 1.165) is 5.16 Å². The highest BCUT2D eigenvalue weighted by Crippen LogP contribution is 2.28. The summed E-state index contributed by atoms with van der Waals surface area (Å²) >= 11 is 1.54. The number of thioether (sulfide) groups is 1. The van der Waals surface area contributed by atoms with Crippen molar-refractivity contribution < 1.29 is 0 Å². The Kier molecular flexibility index (Phi) is 4.66. The van der Waals surface area contributed by atoms with Crippen molar-refractivity contribution in [1.82, 2.24) is 9.97 Å². The molecule has 0 unspecified atom stereocenters. The normalized spacial score (nSPS) is 11.4. The Morgan fingerprint density at radius 3 is 2.14 bits per heavy atom. The van der Waals surface area contributed by atoms with Crippen LogP contribution in [0.2, 0.25) is 0 Å². The molecule has 0 spiro atoms. The van der Waals surface area contributed by atoms with Crippen LogP contribution in [-0.2, 0) is 0 Å². The molecule has 3 aromatic rings. The molecule has 3 rings (SSSR count). The van der Waals surface area contributed by atoms with E-state index in [9.17, 15) is 0 Å². The van der Waals surface area contributed by atoms with Crippen molar-refractivity contribution in [2.45, 2.75) is 12.1 Å². The molecule has 0 bridgehead atoms. The fourth-order valence-corrected chi connectivity index (χ4v) is 2.85. The lowest BCUT2D eigenvalue weighted by Crippen LogP contribution is -1.88. The largest absolute Gasteiger partial charge is 0.231 e. The SMILES string of the molecule is Cc1ccc(/C(=C\Sc2ncccn2)c2ccccc2)cc1. The second-order valence-corrected chi connectivity index (χ2v) is 5.75. The van der Waals surface area contributed by atoms with Crippen LogP contribution in [0.15, 0.2) is 83.6 Å². The van der Waals surface area contributed by atoms with Gasteiger partial charge in [-0.05, 0) is 35.1 Å². The van der Waals surface area contributed by atoms with E-state index in [4.69, 9.17) is 0 Å². The number of aromatic nitrogens is 2. The average Bonchev–Trinajstić information content (AvgIpc) is 2.58. The van der Waals surface area contributed by atoms with E-state index in [1.54, 1.807) is 12.4 Å². The van der Waals surface area contributed by atoms with E-state index in [-0.39, 0.29) is 0 Å². The minimum atomic E-state index is 0.753. The van der Waals surface area contributed by atoms with Crippen molar-refractivity contribution in [3.05, 3.63) is 95.2 Å². The number of hydrogen-bond donors (Lipinski definition) is 0. The van der Waals surface area contributed by atoms with Crippen LogP contribution in [0.25, 0.3) is 5.57 Å². The van der Waals surface area contributed by atoms with Crippen LogP contribution in [0.3, 0.4) is 0 Å². The zero-order chi connectivity index (χ0) is 15.2. The van der Waals surface area contributed by atoms with E-state index in [1.807, 2.05) is 12.1 Å². The first-order valence-electron chi connectivity index (χ1n) is 7.09. The minimum Gasteiger partial charge on any atom is -0.231 e. The first-order chi connectivity index (χ1) is 10.8. The molecule has 0 N–H and O–H groups in total. The fraction of sp³-hybridized carbons (Fsp3) is 0.0526. The van der Waals surface area contributed by atoms with Gasteiger partial charge in [0, 0.05) is 12.4 Å². The lowest BCUT2D eigenvalue weighted by molar-refractivity contribution is 0.971. The van der Waals surface area contributed by atoms with Gasteiger partial charge in [-0.1, -0.05) is 71.9 Å². The molecule has 2 aromatic carbocycles. The molecule has 1 heterocycles. The molecular weight excluding hydrogens is 288 g/mol. The molecule has 0 saturated carbocycles. The summed E-state index contributed by atoms with van der Waals surface area (Å²) in [7, 11) is 0. The van der Waals surface area contributed by atoms with Crippen molar-refractivity contribution in [3.8, 4) is 0 Å². The van der Waals surface area contributed by atoms with Crippen molar-refractivity contribution >= 4 is 17.3 Å². The predicted octanol–water partition coefficient (Wildman–Crippen LogP) is 4.97. The lowest BCUT2D eigenvalue weighted by atomic mass is 9.99. The first-order valence-corrected chi connectivity index (χ1v) is 7.97. The van der Waals surface area contributed by atoms with Gasteiger partial charge in [-0.3, -0.25) is 0 Å². The summed E-state index contributed by atoms with van der Waals surface area (Å²) in [5.74, 6) is 0. The van der Waals surface area contributed by atoms with Gasteiger partial charge in [0.15, 0.2) is 5.16 Å². The summed E-state index contributed by atoms with van der Waals surface area (Å²) in [5, 5.41) is 2.87. The molecule has 0 amide bonds. The molecule has 0 aliphatic rings. The lowest BCUT2D eigenvalue weighted by Gasteiger charge is -2.09. The Morgan fingerprint density at radius 1 is 0.818 bits per heavy atom. The number of hydrogen-bond acceptors (Lipinski definition) is 3. The van der Waals surface area contributed by atoms with Gasteiger partial charge < -0.3 is 0 Å². The van der Waals surface area contributed by atoms with Crippen molar-refractivity contribution in [3.63, 3.8) is 0 Å². The minimum absolute atomic E-state index is 0.753. The Labute approximate surface area is 135 Å². The standard InChI is InChI=1S/C19H16N2S/c1-15-8-10-17(11-9-15)18(16-6-3-2-4-7-16)14-22-19-20-12-5-13-21-19/h2-14H,1H3/b18-14-. The van der Waals surface area contributed by atoms with Crippen molar-refractivity contribution in [2.75, 3.05) is 0 Å². The molecule has 0 saturated heterocycles. The van der Waals surface area contributed by atoms with E-state index in [2.05, 4.69) is 70.8 Å². The Morgan fingerprint density at radius 2 is 1.45 bits per heavy atom. The third-order valence-electron chi connectivity index (χ3n) is 3.27. The van der Waals surface area contributed by atoms with Crippen LogP contribution in [0.1, 0.15) is 16.7 Å². The van der Waals surface area contributed by atoms with E-state index in [1.165, 1.54) is 34.0 Å². The van der Waals surface area contributed by atoms with E-state index >= 15 is 0 Å². The molecule has 0 aliphatic carbocycles. The van der Waals surface area contributed by atoms with Crippen LogP contribution in [0.4, 0.5) is 0 Å². The van der Waals surface area contributed by atoms with Gasteiger partial charge in [-0.15, -0.1) is 0 Å². The van der Waals surface area contributed by atoms with Crippen LogP contribution in [0.5, 0.6) is 0 Å².